The summed E-state index contributed by atoms with van der Waals surface area (Å²) in [5.74, 6) is 1.14. The SMILES string of the molecule is CC(=O)CCCC12CCCC(=O)C1C2. The Balaban J connectivity index is 1.81. The summed E-state index contributed by atoms with van der Waals surface area (Å²) >= 11 is 0. The third-order valence-corrected chi connectivity index (χ3v) is 3.88. The molecule has 0 aliphatic heterocycles. The Morgan fingerprint density at radius 3 is 3.07 bits per heavy atom. The Morgan fingerprint density at radius 2 is 2.36 bits per heavy atom. The molecule has 2 nitrogen and oxygen atoms in total. The van der Waals surface area contributed by atoms with E-state index in [1.54, 1.807) is 6.92 Å². The second kappa shape index (κ2) is 3.48. The van der Waals surface area contributed by atoms with Gasteiger partial charge in [-0.15, -0.1) is 0 Å². The highest BCUT2D eigenvalue weighted by Gasteiger charge is 2.57. The molecule has 0 aromatic heterocycles. The predicted octanol–water partition coefficient (Wildman–Crippen LogP) is 2.51. The lowest BCUT2D eigenvalue weighted by Gasteiger charge is -2.20. The summed E-state index contributed by atoms with van der Waals surface area (Å²) in [7, 11) is 0. The molecule has 0 aromatic carbocycles. The number of Topliss-reactive ketones (excluding diaryl/α,β-unsaturated/α-hetero) is 2. The smallest absolute Gasteiger partial charge is 0.136 e. The predicted molar refractivity (Wildman–Crippen MR) is 53.9 cm³/mol. The first kappa shape index (κ1) is 9.88. The van der Waals surface area contributed by atoms with Crippen molar-refractivity contribution in [2.24, 2.45) is 11.3 Å². The number of carbonyl (C=O) groups is 2. The zero-order valence-corrected chi connectivity index (χ0v) is 8.84. The van der Waals surface area contributed by atoms with E-state index < -0.39 is 0 Å². The minimum absolute atomic E-state index is 0.278. The molecule has 14 heavy (non-hydrogen) atoms. The van der Waals surface area contributed by atoms with Gasteiger partial charge in [-0.2, -0.15) is 0 Å². The van der Waals surface area contributed by atoms with Gasteiger partial charge in [0.2, 0.25) is 0 Å². The molecule has 2 atom stereocenters. The summed E-state index contributed by atoms with van der Waals surface area (Å²) in [6.45, 7) is 1.65. The average Bonchev–Trinajstić information content (AvgIpc) is 2.80. The van der Waals surface area contributed by atoms with Gasteiger partial charge in [0.15, 0.2) is 0 Å². The molecule has 2 saturated carbocycles. The number of fused-ring (bicyclic) bond motifs is 1. The van der Waals surface area contributed by atoms with Gasteiger partial charge >= 0.3 is 0 Å². The Morgan fingerprint density at radius 1 is 1.57 bits per heavy atom. The van der Waals surface area contributed by atoms with Crippen molar-refractivity contribution >= 4 is 11.6 Å². The first-order chi connectivity index (χ1) is 6.64. The van der Waals surface area contributed by atoms with Crippen LogP contribution in [0.4, 0.5) is 0 Å². The highest BCUT2D eigenvalue weighted by Crippen LogP contribution is 2.62. The van der Waals surface area contributed by atoms with Gasteiger partial charge in [-0.05, 0) is 44.4 Å². The van der Waals surface area contributed by atoms with Gasteiger partial charge < -0.3 is 4.79 Å². The lowest BCUT2D eigenvalue weighted by Crippen LogP contribution is -2.17. The second-order valence-electron chi connectivity index (χ2n) is 4.99. The minimum atomic E-state index is 0.278. The van der Waals surface area contributed by atoms with Crippen LogP contribution < -0.4 is 0 Å². The summed E-state index contributed by atoms with van der Waals surface area (Å²) in [6.07, 6.45) is 7.00. The van der Waals surface area contributed by atoms with Crippen LogP contribution in [0.1, 0.15) is 51.9 Å². The number of hydrogen-bond donors (Lipinski definition) is 0. The van der Waals surface area contributed by atoms with Crippen molar-refractivity contribution < 1.29 is 9.59 Å². The van der Waals surface area contributed by atoms with Gasteiger partial charge in [-0.1, -0.05) is 0 Å². The van der Waals surface area contributed by atoms with Crippen molar-refractivity contribution in [3.05, 3.63) is 0 Å². The molecule has 0 spiro atoms. The molecular formula is C12H18O2. The maximum absolute atomic E-state index is 11.5. The fraction of sp³-hybridized carbons (Fsp3) is 0.833. The molecule has 2 rings (SSSR count). The van der Waals surface area contributed by atoms with Crippen LogP contribution >= 0.6 is 0 Å². The molecule has 2 heteroatoms. The Hall–Kier alpha value is -0.660. The van der Waals surface area contributed by atoms with Crippen LogP contribution in [0.3, 0.4) is 0 Å². The molecule has 0 aromatic rings. The molecule has 2 fully saturated rings. The van der Waals surface area contributed by atoms with E-state index in [0.29, 0.717) is 23.5 Å². The van der Waals surface area contributed by atoms with Crippen molar-refractivity contribution in [3.63, 3.8) is 0 Å². The zero-order valence-electron chi connectivity index (χ0n) is 8.84. The molecule has 0 amide bonds. The summed E-state index contributed by atoms with van der Waals surface area (Å²) in [4.78, 5) is 22.3. The lowest BCUT2D eigenvalue weighted by molar-refractivity contribution is -0.122. The highest BCUT2D eigenvalue weighted by molar-refractivity contribution is 5.85. The monoisotopic (exact) mass is 194 g/mol. The van der Waals surface area contributed by atoms with Crippen molar-refractivity contribution in [1.29, 1.82) is 0 Å². The number of rotatable bonds is 4. The van der Waals surface area contributed by atoms with Crippen LogP contribution in [0.15, 0.2) is 0 Å². The Kier molecular flexibility index (Phi) is 2.46. The molecule has 2 aliphatic rings. The van der Waals surface area contributed by atoms with E-state index in [1.165, 1.54) is 6.42 Å². The highest BCUT2D eigenvalue weighted by atomic mass is 16.1. The van der Waals surface area contributed by atoms with E-state index in [4.69, 9.17) is 0 Å². The molecule has 78 valence electrons. The third kappa shape index (κ3) is 1.75. The first-order valence-corrected chi connectivity index (χ1v) is 5.66. The van der Waals surface area contributed by atoms with Gasteiger partial charge in [-0.3, -0.25) is 4.79 Å². The molecule has 0 bridgehead atoms. The second-order valence-corrected chi connectivity index (χ2v) is 4.99. The van der Waals surface area contributed by atoms with Crippen LogP contribution in [-0.2, 0) is 9.59 Å². The van der Waals surface area contributed by atoms with Crippen molar-refractivity contribution in [3.8, 4) is 0 Å². The van der Waals surface area contributed by atoms with Crippen LogP contribution in [0, 0.1) is 11.3 Å². The summed E-state index contributed by atoms with van der Waals surface area (Å²) in [5.41, 5.74) is 0.352. The normalized spacial score (nSPS) is 35.2. The molecule has 0 radical (unpaired) electrons. The Bertz CT molecular complexity index is 269. The fourth-order valence-corrected chi connectivity index (χ4v) is 2.96. The maximum Gasteiger partial charge on any atom is 0.136 e. The lowest BCUT2D eigenvalue weighted by atomic mass is 9.84. The van der Waals surface area contributed by atoms with E-state index in [2.05, 4.69) is 0 Å². The largest absolute Gasteiger partial charge is 0.300 e. The van der Waals surface area contributed by atoms with E-state index in [1.807, 2.05) is 0 Å². The fourth-order valence-electron chi connectivity index (χ4n) is 2.96. The molecule has 2 unspecified atom stereocenters. The van der Waals surface area contributed by atoms with Gasteiger partial charge in [0.25, 0.3) is 0 Å². The standard InChI is InChI=1S/C12H18O2/c1-9(13)4-2-6-12-7-3-5-11(14)10(12)8-12/h10H,2-8H2,1H3. The molecular weight excluding hydrogens is 176 g/mol. The van der Waals surface area contributed by atoms with Gasteiger partial charge in [0.1, 0.15) is 11.6 Å². The van der Waals surface area contributed by atoms with Gasteiger partial charge in [-0.25, -0.2) is 0 Å². The quantitative estimate of drug-likeness (QED) is 0.689. The summed E-state index contributed by atoms with van der Waals surface area (Å²) in [6, 6.07) is 0. The molecule has 0 N–H and O–H groups in total. The third-order valence-electron chi connectivity index (χ3n) is 3.88. The van der Waals surface area contributed by atoms with Crippen molar-refractivity contribution in [2.45, 2.75) is 51.9 Å². The van der Waals surface area contributed by atoms with Crippen LogP contribution in [0.5, 0.6) is 0 Å². The Labute approximate surface area is 85.1 Å². The summed E-state index contributed by atoms with van der Waals surface area (Å²) in [5, 5.41) is 0. The van der Waals surface area contributed by atoms with Gasteiger partial charge in [0, 0.05) is 18.8 Å². The first-order valence-electron chi connectivity index (χ1n) is 5.66. The van der Waals surface area contributed by atoms with E-state index in [-0.39, 0.29) is 5.78 Å². The topological polar surface area (TPSA) is 34.1 Å². The molecule has 2 aliphatic carbocycles. The van der Waals surface area contributed by atoms with E-state index >= 15 is 0 Å². The molecule has 0 saturated heterocycles. The van der Waals surface area contributed by atoms with Gasteiger partial charge in [0.05, 0.1) is 0 Å². The zero-order chi connectivity index (χ0) is 10.2. The average molecular weight is 194 g/mol. The molecule has 0 heterocycles. The van der Waals surface area contributed by atoms with Crippen LogP contribution in [0.2, 0.25) is 0 Å². The number of carbonyl (C=O) groups excluding carboxylic acids is 2. The van der Waals surface area contributed by atoms with E-state index in [9.17, 15) is 9.59 Å². The maximum atomic E-state index is 11.5. The summed E-state index contributed by atoms with van der Waals surface area (Å²) < 4.78 is 0. The minimum Gasteiger partial charge on any atom is -0.300 e. The van der Waals surface area contributed by atoms with E-state index in [0.717, 1.165) is 32.1 Å². The van der Waals surface area contributed by atoms with Crippen molar-refractivity contribution in [1.82, 2.24) is 0 Å². The van der Waals surface area contributed by atoms with Crippen LogP contribution in [-0.4, -0.2) is 11.6 Å². The van der Waals surface area contributed by atoms with Crippen molar-refractivity contribution in [2.75, 3.05) is 0 Å². The van der Waals surface area contributed by atoms with Crippen LogP contribution in [0.25, 0.3) is 0 Å². The number of ketones is 2. The number of hydrogen-bond acceptors (Lipinski definition) is 2.